The molecule has 32 heavy (non-hydrogen) atoms. The predicted octanol–water partition coefficient (Wildman–Crippen LogP) is 8.65. The minimum Gasteiger partial charge on any atom is -0.234 e. The highest BCUT2D eigenvalue weighted by atomic mass is 15.1. The average molecular weight is 440 g/mol. The van der Waals surface area contributed by atoms with Gasteiger partial charge >= 0.3 is 0 Å². The Balaban J connectivity index is 1.74. The van der Waals surface area contributed by atoms with Gasteiger partial charge in [0.25, 0.3) is 5.82 Å². The number of unbranched alkanes of at least 4 members (excludes halogenated alkanes) is 14. The van der Waals surface area contributed by atoms with Gasteiger partial charge in [0.1, 0.15) is 18.9 Å². The second kappa shape index (κ2) is 17.9. The molecule has 0 aliphatic carbocycles. The number of hydrogen-bond acceptors (Lipinski definition) is 0. The summed E-state index contributed by atoms with van der Waals surface area (Å²) >= 11 is 0. The Morgan fingerprint density at radius 1 is 0.625 bits per heavy atom. The summed E-state index contributed by atoms with van der Waals surface area (Å²) in [4.78, 5) is 0. The molecule has 2 heteroatoms. The Labute approximate surface area is 199 Å². The van der Waals surface area contributed by atoms with Gasteiger partial charge < -0.3 is 0 Å². The van der Waals surface area contributed by atoms with E-state index in [1.54, 1.807) is 0 Å². The Hall–Kier alpha value is -1.57. The van der Waals surface area contributed by atoms with Crippen molar-refractivity contribution in [2.45, 2.75) is 136 Å². The Morgan fingerprint density at radius 3 is 1.75 bits per heavy atom. The van der Waals surface area contributed by atoms with Crippen LogP contribution in [0.2, 0.25) is 0 Å². The maximum absolute atomic E-state index is 2.55. The highest BCUT2D eigenvalue weighted by Gasteiger charge is 2.17. The highest BCUT2D eigenvalue weighted by molar-refractivity contribution is 5.15. The monoisotopic (exact) mass is 439 g/mol. The molecule has 0 saturated heterocycles. The Kier molecular flexibility index (Phi) is 14.9. The molecule has 2 rings (SSSR count). The van der Waals surface area contributed by atoms with Crippen LogP contribution in [-0.2, 0) is 19.5 Å². The molecule has 0 N–H and O–H groups in total. The molecule has 0 unspecified atom stereocenters. The van der Waals surface area contributed by atoms with Crippen LogP contribution in [0.4, 0.5) is 0 Å². The van der Waals surface area contributed by atoms with Gasteiger partial charge in [-0.1, -0.05) is 128 Å². The van der Waals surface area contributed by atoms with E-state index in [-0.39, 0.29) is 0 Å². The zero-order valence-corrected chi connectivity index (χ0v) is 21.4. The molecule has 0 aliphatic heterocycles. The summed E-state index contributed by atoms with van der Waals surface area (Å²) in [5.41, 5.74) is 1.40. The molecule has 0 spiro atoms. The van der Waals surface area contributed by atoms with Crippen LogP contribution in [0.5, 0.6) is 0 Å². The Morgan fingerprint density at radius 2 is 1.16 bits per heavy atom. The van der Waals surface area contributed by atoms with Gasteiger partial charge in [0.2, 0.25) is 0 Å². The van der Waals surface area contributed by atoms with Crippen LogP contribution in [0.15, 0.2) is 42.7 Å². The molecule has 0 fully saturated rings. The lowest BCUT2D eigenvalue weighted by molar-refractivity contribution is -0.704. The molecule has 1 aromatic carbocycles. The molecule has 0 radical (unpaired) electrons. The fraction of sp³-hybridized carbons (Fsp3) is 0.700. The summed E-state index contributed by atoms with van der Waals surface area (Å²) in [5, 5.41) is 0. The quantitative estimate of drug-likeness (QED) is 0.144. The molecule has 1 heterocycles. The van der Waals surface area contributed by atoms with Gasteiger partial charge in [0.15, 0.2) is 0 Å². The second-order valence-corrected chi connectivity index (χ2v) is 9.72. The lowest BCUT2D eigenvalue weighted by Crippen LogP contribution is -2.37. The van der Waals surface area contributed by atoms with Gasteiger partial charge in [-0.15, -0.1) is 0 Å². The van der Waals surface area contributed by atoms with E-state index in [0.717, 1.165) is 6.54 Å². The zero-order chi connectivity index (χ0) is 22.7. The topological polar surface area (TPSA) is 8.81 Å². The maximum Gasteiger partial charge on any atom is 0.256 e. The first-order chi connectivity index (χ1) is 15.8. The molecule has 2 nitrogen and oxygen atoms in total. The van der Waals surface area contributed by atoms with Crippen molar-refractivity contribution in [3.8, 4) is 0 Å². The summed E-state index contributed by atoms with van der Waals surface area (Å²) in [6.07, 6.45) is 28.2. The number of benzene rings is 1. The van der Waals surface area contributed by atoms with Crippen LogP contribution < -0.4 is 4.57 Å². The van der Waals surface area contributed by atoms with E-state index >= 15 is 0 Å². The average Bonchev–Trinajstić information content (AvgIpc) is 3.19. The molecule has 0 aliphatic rings. The van der Waals surface area contributed by atoms with Crippen molar-refractivity contribution in [2.75, 3.05) is 0 Å². The van der Waals surface area contributed by atoms with Crippen LogP contribution in [0.25, 0.3) is 0 Å². The maximum atomic E-state index is 2.55. The first-order valence-electron chi connectivity index (χ1n) is 14.0. The third-order valence-electron chi connectivity index (χ3n) is 6.79. The molecule has 2 aromatic rings. The minimum atomic E-state index is 0.997. The van der Waals surface area contributed by atoms with Crippen molar-refractivity contribution in [1.82, 2.24) is 4.57 Å². The van der Waals surface area contributed by atoms with E-state index in [4.69, 9.17) is 0 Å². The SMILES string of the molecule is CCCCCCCCCCCCCc1n(Cc2ccccc2)cc[n+]1CCCCCCC. The van der Waals surface area contributed by atoms with E-state index < -0.39 is 0 Å². The zero-order valence-electron chi connectivity index (χ0n) is 21.4. The normalized spacial score (nSPS) is 11.3. The molecule has 180 valence electrons. The van der Waals surface area contributed by atoms with Gasteiger partial charge in [-0.3, -0.25) is 0 Å². The van der Waals surface area contributed by atoms with E-state index in [1.165, 1.54) is 127 Å². The van der Waals surface area contributed by atoms with Gasteiger partial charge in [0.05, 0.1) is 6.54 Å². The fourth-order valence-corrected chi connectivity index (χ4v) is 4.75. The van der Waals surface area contributed by atoms with Gasteiger partial charge in [0, 0.05) is 6.42 Å². The first kappa shape index (κ1) is 26.7. The summed E-state index contributed by atoms with van der Waals surface area (Å²) < 4.78 is 5.04. The molecule has 0 atom stereocenters. The van der Waals surface area contributed by atoms with Crippen LogP contribution in [0, 0.1) is 0 Å². The summed E-state index contributed by atoms with van der Waals surface area (Å²) in [6, 6.07) is 10.9. The molecule has 1 aromatic heterocycles. The molecule has 0 amide bonds. The van der Waals surface area contributed by atoms with E-state index in [2.05, 4.69) is 65.7 Å². The standard InChI is InChI=1S/C30H51N2/c1-3-5-7-9-10-11-12-13-14-15-20-24-30-31(25-21-16-8-6-4-2)26-27-32(30)28-29-22-18-17-19-23-29/h17-19,22-23,26-27H,3-16,20-21,24-25,28H2,1-2H3/q+1. The molecular formula is C30H51N2+. The fourth-order valence-electron chi connectivity index (χ4n) is 4.75. The van der Waals surface area contributed by atoms with Crippen LogP contribution in [0.3, 0.4) is 0 Å². The van der Waals surface area contributed by atoms with E-state index in [9.17, 15) is 0 Å². The second-order valence-electron chi connectivity index (χ2n) is 9.72. The van der Waals surface area contributed by atoms with Crippen molar-refractivity contribution in [1.29, 1.82) is 0 Å². The van der Waals surface area contributed by atoms with Gasteiger partial charge in [-0.2, -0.15) is 0 Å². The van der Waals surface area contributed by atoms with Crippen LogP contribution in [0.1, 0.15) is 128 Å². The summed E-state index contributed by atoms with van der Waals surface area (Å²) in [6.45, 7) is 6.77. The molecule has 0 bridgehead atoms. The third-order valence-corrected chi connectivity index (χ3v) is 6.79. The molecule has 0 saturated carbocycles. The van der Waals surface area contributed by atoms with E-state index in [1.807, 2.05) is 0 Å². The summed E-state index contributed by atoms with van der Waals surface area (Å²) in [7, 11) is 0. The number of aromatic nitrogens is 2. The number of hydrogen-bond donors (Lipinski definition) is 0. The number of aryl methyl sites for hydroxylation is 1. The number of rotatable bonds is 20. The van der Waals surface area contributed by atoms with Crippen molar-refractivity contribution in [3.63, 3.8) is 0 Å². The predicted molar refractivity (Wildman–Crippen MR) is 139 cm³/mol. The smallest absolute Gasteiger partial charge is 0.234 e. The lowest BCUT2D eigenvalue weighted by Gasteiger charge is -2.07. The van der Waals surface area contributed by atoms with Crippen molar-refractivity contribution >= 4 is 0 Å². The Bertz CT molecular complexity index is 673. The largest absolute Gasteiger partial charge is 0.256 e. The van der Waals surface area contributed by atoms with Crippen LogP contribution >= 0.6 is 0 Å². The molecular weight excluding hydrogens is 388 g/mol. The summed E-state index contributed by atoms with van der Waals surface area (Å²) in [5.74, 6) is 1.53. The van der Waals surface area contributed by atoms with Crippen molar-refractivity contribution in [3.05, 3.63) is 54.1 Å². The number of nitrogens with zero attached hydrogens (tertiary/aromatic N) is 2. The third kappa shape index (κ3) is 11.3. The van der Waals surface area contributed by atoms with Gasteiger partial charge in [-0.05, 0) is 24.8 Å². The lowest BCUT2D eigenvalue weighted by atomic mass is 10.1. The highest BCUT2D eigenvalue weighted by Crippen LogP contribution is 2.13. The van der Waals surface area contributed by atoms with Crippen molar-refractivity contribution in [2.24, 2.45) is 0 Å². The first-order valence-corrected chi connectivity index (χ1v) is 14.0. The number of imidazole rings is 1. The van der Waals surface area contributed by atoms with Crippen LogP contribution in [-0.4, -0.2) is 4.57 Å². The minimum absolute atomic E-state index is 0.997. The van der Waals surface area contributed by atoms with Crippen molar-refractivity contribution < 1.29 is 4.57 Å². The van der Waals surface area contributed by atoms with E-state index in [0.29, 0.717) is 0 Å². The van der Waals surface area contributed by atoms with Gasteiger partial charge in [-0.25, -0.2) is 9.13 Å².